The zero-order valence-electron chi connectivity index (χ0n) is 15.9. The van der Waals surface area contributed by atoms with Crippen molar-refractivity contribution in [3.8, 4) is 0 Å². The first-order chi connectivity index (χ1) is 10.7. The molecule has 3 heteroatoms. The van der Waals surface area contributed by atoms with Crippen LogP contribution in [-0.4, -0.2) is 21.8 Å². The van der Waals surface area contributed by atoms with Crippen LogP contribution in [-0.2, 0) is 8.85 Å². The maximum absolute atomic E-state index is 6.28. The number of hydrogen-bond donors (Lipinski definition) is 0. The van der Waals surface area contributed by atoms with E-state index in [0.717, 1.165) is 25.3 Å². The van der Waals surface area contributed by atoms with Gasteiger partial charge in [-0.3, -0.25) is 0 Å². The fourth-order valence-electron chi connectivity index (χ4n) is 2.80. The lowest BCUT2D eigenvalue weighted by Gasteiger charge is -2.29. The van der Waals surface area contributed by atoms with Gasteiger partial charge in [0.15, 0.2) is 0 Å². The summed E-state index contributed by atoms with van der Waals surface area (Å²) in [6, 6.07) is 2.18. The molecule has 0 N–H and O–H groups in total. The first-order valence-electron chi connectivity index (χ1n) is 10.0. The first-order valence-corrected chi connectivity index (χ1v) is 12.3. The topological polar surface area (TPSA) is 18.5 Å². The van der Waals surface area contributed by atoms with Gasteiger partial charge in [-0.25, -0.2) is 0 Å². The molecule has 0 radical (unpaired) electrons. The van der Waals surface area contributed by atoms with E-state index in [9.17, 15) is 0 Å². The minimum absolute atomic E-state index is 0.908. The first kappa shape index (κ1) is 22.1. The highest BCUT2D eigenvalue weighted by atomic mass is 28.4. The SMILES string of the molecule is CCCCCCCCCO[Si](CC)(CC)OCCCCCC. The van der Waals surface area contributed by atoms with Crippen LogP contribution in [0.4, 0.5) is 0 Å². The Balaban J connectivity index is 3.73. The molecule has 0 amide bonds. The predicted molar refractivity (Wildman–Crippen MR) is 101 cm³/mol. The summed E-state index contributed by atoms with van der Waals surface area (Å²) in [6.45, 7) is 10.8. The maximum atomic E-state index is 6.28. The Morgan fingerprint density at radius 2 is 0.864 bits per heavy atom. The standard InChI is InChI=1S/C19H42O2Si/c1-5-9-11-13-14-15-17-19-21-22(7-3,8-4)20-18-16-12-10-6-2/h5-19H2,1-4H3. The third-order valence-corrected chi connectivity index (χ3v) is 8.17. The number of unbranched alkanes of at least 4 members (excludes halogenated alkanes) is 9. The maximum Gasteiger partial charge on any atom is 0.337 e. The quantitative estimate of drug-likeness (QED) is 0.215. The molecule has 0 saturated carbocycles. The highest BCUT2D eigenvalue weighted by Crippen LogP contribution is 2.20. The van der Waals surface area contributed by atoms with E-state index in [-0.39, 0.29) is 0 Å². The molecule has 0 aliphatic rings. The van der Waals surface area contributed by atoms with Crippen LogP contribution >= 0.6 is 0 Å². The molecule has 0 heterocycles. The van der Waals surface area contributed by atoms with Gasteiger partial charge in [0.2, 0.25) is 0 Å². The highest BCUT2D eigenvalue weighted by Gasteiger charge is 2.33. The van der Waals surface area contributed by atoms with Crippen molar-refractivity contribution < 1.29 is 8.85 Å². The van der Waals surface area contributed by atoms with Gasteiger partial charge in [0.1, 0.15) is 0 Å². The van der Waals surface area contributed by atoms with Crippen LogP contribution in [0.5, 0.6) is 0 Å². The van der Waals surface area contributed by atoms with Crippen LogP contribution < -0.4 is 0 Å². The molecular weight excluding hydrogens is 288 g/mol. The van der Waals surface area contributed by atoms with E-state index in [4.69, 9.17) is 8.85 Å². The normalized spacial score (nSPS) is 12.0. The molecule has 0 aliphatic carbocycles. The van der Waals surface area contributed by atoms with Crippen molar-refractivity contribution in [2.24, 2.45) is 0 Å². The molecule has 0 aromatic heterocycles. The van der Waals surface area contributed by atoms with Crippen LogP contribution in [0.2, 0.25) is 12.1 Å². The van der Waals surface area contributed by atoms with Crippen molar-refractivity contribution in [3.05, 3.63) is 0 Å². The van der Waals surface area contributed by atoms with E-state index in [1.807, 2.05) is 0 Å². The molecule has 134 valence electrons. The minimum atomic E-state index is -1.88. The molecule has 22 heavy (non-hydrogen) atoms. The molecule has 0 aliphatic heterocycles. The van der Waals surface area contributed by atoms with Crippen LogP contribution in [0.1, 0.15) is 98.3 Å². The fraction of sp³-hybridized carbons (Fsp3) is 1.00. The van der Waals surface area contributed by atoms with Gasteiger partial charge in [0.05, 0.1) is 0 Å². The Labute approximate surface area is 141 Å². The third kappa shape index (κ3) is 11.7. The zero-order chi connectivity index (χ0) is 16.5. The van der Waals surface area contributed by atoms with Gasteiger partial charge in [-0.05, 0) is 24.9 Å². The molecule has 0 fully saturated rings. The Morgan fingerprint density at radius 3 is 1.27 bits per heavy atom. The molecule has 0 saturated heterocycles. The van der Waals surface area contributed by atoms with Crippen molar-refractivity contribution in [2.75, 3.05) is 13.2 Å². The van der Waals surface area contributed by atoms with Crippen molar-refractivity contribution in [2.45, 2.75) is 110 Å². The van der Waals surface area contributed by atoms with Crippen molar-refractivity contribution >= 4 is 8.56 Å². The molecular formula is C19H42O2Si. The molecule has 0 aromatic rings. The van der Waals surface area contributed by atoms with E-state index >= 15 is 0 Å². The van der Waals surface area contributed by atoms with Crippen molar-refractivity contribution in [1.29, 1.82) is 0 Å². The molecule has 0 atom stereocenters. The fourth-order valence-corrected chi connectivity index (χ4v) is 5.24. The Bertz CT molecular complexity index is 217. The van der Waals surface area contributed by atoms with Crippen LogP contribution in [0, 0.1) is 0 Å². The molecule has 2 nitrogen and oxygen atoms in total. The lowest BCUT2D eigenvalue weighted by Crippen LogP contribution is -2.41. The van der Waals surface area contributed by atoms with Crippen molar-refractivity contribution in [3.63, 3.8) is 0 Å². The van der Waals surface area contributed by atoms with Gasteiger partial charge in [-0.15, -0.1) is 0 Å². The smallest absolute Gasteiger partial charge is 0.337 e. The second-order valence-electron chi connectivity index (χ2n) is 6.50. The van der Waals surface area contributed by atoms with E-state index < -0.39 is 8.56 Å². The van der Waals surface area contributed by atoms with Gasteiger partial charge in [0, 0.05) is 13.2 Å². The van der Waals surface area contributed by atoms with Crippen LogP contribution in [0.3, 0.4) is 0 Å². The van der Waals surface area contributed by atoms with E-state index in [0.29, 0.717) is 0 Å². The highest BCUT2D eigenvalue weighted by molar-refractivity contribution is 6.67. The van der Waals surface area contributed by atoms with E-state index in [1.165, 1.54) is 70.6 Å². The van der Waals surface area contributed by atoms with Gasteiger partial charge >= 0.3 is 8.56 Å². The monoisotopic (exact) mass is 330 g/mol. The van der Waals surface area contributed by atoms with Gasteiger partial charge < -0.3 is 8.85 Å². The summed E-state index contributed by atoms with van der Waals surface area (Å²) in [4.78, 5) is 0. The summed E-state index contributed by atoms with van der Waals surface area (Å²) in [5.41, 5.74) is 0. The Kier molecular flexibility index (Phi) is 16.1. The largest absolute Gasteiger partial charge is 0.394 e. The Morgan fingerprint density at radius 1 is 0.500 bits per heavy atom. The molecule has 0 bridgehead atoms. The van der Waals surface area contributed by atoms with E-state index in [2.05, 4.69) is 27.7 Å². The summed E-state index contributed by atoms with van der Waals surface area (Å²) >= 11 is 0. The molecule has 0 unspecified atom stereocenters. The second-order valence-corrected chi connectivity index (χ2v) is 10.3. The molecule has 0 spiro atoms. The summed E-state index contributed by atoms with van der Waals surface area (Å²) in [7, 11) is -1.88. The number of hydrogen-bond acceptors (Lipinski definition) is 2. The number of rotatable bonds is 17. The van der Waals surface area contributed by atoms with Crippen LogP contribution in [0.25, 0.3) is 0 Å². The molecule has 0 rings (SSSR count). The van der Waals surface area contributed by atoms with Crippen LogP contribution in [0.15, 0.2) is 0 Å². The summed E-state index contributed by atoms with van der Waals surface area (Å²) in [5, 5.41) is 0. The lowest BCUT2D eigenvalue weighted by molar-refractivity contribution is 0.163. The summed E-state index contributed by atoms with van der Waals surface area (Å²) < 4.78 is 12.5. The minimum Gasteiger partial charge on any atom is -0.394 e. The van der Waals surface area contributed by atoms with Gasteiger partial charge in [0.25, 0.3) is 0 Å². The summed E-state index contributed by atoms with van der Waals surface area (Å²) in [6.07, 6.45) is 14.5. The second kappa shape index (κ2) is 16.0. The molecule has 0 aromatic carbocycles. The Hall–Kier alpha value is 0.137. The van der Waals surface area contributed by atoms with Gasteiger partial charge in [-0.1, -0.05) is 85.5 Å². The average Bonchev–Trinajstić information content (AvgIpc) is 2.55. The predicted octanol–water partition coefficient (Wildman–Crippen LogP) is 6.83. The van der Waals surface area contributed by atoms with E-state index in [1.54, 1.807) is 0 Å². The van der Waals surface area contributed by atoms with Gasteiger partial charge in [-0.2, -0.15) is 0 Å². The zero-order valence-corrected chi connectivity index (χ0v) is 16.9. The lowest BCUT2D eigenvalue weighted by atomic mass is 10.1. The summed E-state index contributed by atoms with van der Waals surface area (Å²) in [5.74, 6) is 0. The van der Waals surface area contributed by atoms with Crippen molar-refractivity contribution in [1.82, 2.24) is 0 Å². The third-order valence-electron chi connectivity index (χ3n) is 4.55. The average molecular weight is 331 g/mol.